The van der Waals surface area contributed by atoms with Crippen molar-refractivity contribution in [2.75, 3.05) is 13.7 Å². The third-order valence-corrected chi connectivity index (χ3v) is 6.41. The fraction of sp³-hybridized carbons (Fsp3) is 0.200. The molecule has 0 spiro atoms. The van der Waals surface area contributed by atoms with Crippen LogP contribution in [-0.4, -0.2) is 47.5 Å². The summed E-state index contributed by atoms with van der Waals surface area (Å²) in [7, 11) is 1.57. The normalized spacial score (nSPS) is 11.6. The summed E-state index contributed by atoms with van der Waals surface area (Å²) in [5.74, 6) is -3.34. The molecular weight excluding hydrogens is 516 g/mol. The first-order chi connectivity index (χ1) is 19.2. The highest BCUT2D eigenvalue weighted by Crippen LogP contribution is 2.29. The van der Waals surface area contributed by atoms with Gasteiger partial charge in [0.05, 0.1) is 12.5 Å². The molecule has 0 bridgehead atoms. The summed E-state index contributed by atoms with van der Waals surface area (Å²) in [6.07, 6.45) is 0.491. The van der Waals surface area contributed by atoms with Crippen molar-refractivity contribution in [2.24, 2.45) is 0 Å². The van der Waals surface area contributed by atoms with Gasteiger partial charge in [-0.1, -0.05) is 42.5 Å². The van der Waals surface area contributed by atoms with Gasteiger partial charge in [0.25, 0.3) is 11.8 Å². The van der Waals surface area contributed by atoms with Crippen LogP contribution in [0.3, 0.4) is 0 Å². The molecule has 1 aromatic heterocycles. The number of phenolic OH excluding ortho intramolecular Hbond substituents is 2. The number of rotatable bonds is 10. The van der Waals surface area contributed by atoms with Gasteiger partial charge in [0, 0.05) is 24.6 Å². The number of carbonyl (C=O) groups is 3. The maximum absolute atomic E-state index is 13.2. The zero-order valence-corrected chi connectivity index (χ0v) is 21.9. The number of benzene rings is 3. The molecule has 0 radical (unpaired) electrons. The Morgan fingerprint density at radius 3 is 2.30 bits per heavy atom. The third kappa shape index (κ3) is 6.29. The predicted octanol–water partition coefficient (Wildman–Crippen LogP) is 2.79. The van der Waals surface area contributed by atoms with E-state index in [4.69, 9.17) is 9.15 Å². The van der Waals surface area contributed by atoms with Gasteiger partial charge in [-0.2, -0.15) is 0 Å². The average Bonchev–Trinajstić information content (AvgIpc) is 2.96. The minimum Gasteiger partial charge on any atom is -0.504 e. The number of Topliss-reactive ketones (excluding diaryl/α,β-unsaturated/α-hetero) is 1. The molecule has 0 aliphatic rings. The monoisotopic (exact) mass is 544 g/mol. The summed E-state index contributed by atoms with van der Waals surface area (Å²) in [5.41, 5.74) is 0.847. The largest absolute Gasteiger partial charge is 0.504 e. The fourth-order valence-electron chi connectivity index (χ4n) is 4.17. The van der Waals surface area contributed by atoms with Crippen molar-refractivity contribution in [2.45, 2.75) is 25.8 Å². The molecule has 4 aromatic rings. The van der Waals surface area contributed by atoms with Crippen molar-refractivity contribution in [1.29, 1.82) is 0 Å². The topological polar surface area (TPSA) is 155 Å². The summed E-state index contributed by atoms with van der Waals surface area (Å²) in [6, 6.07) is 16.9. The van der Waals surface area contributed by atoms with E-state index in [9.17, 15) is 29.4 Å². The SMILES string of the molecule is COc1ccc(CCNC(=O)C(=O)[C@H](Cc2ccccc2)NC(=O)c2oc3cc(O)c(O)cc3c(=O)c2C)cc1. The number of carbonyl (C=O) groups excluding carboxylic acids is 3. The van der Waals surface area contributed by atoms with Crippen molar-refractivity contribution >= 4 is 28.6 Å². The van der Waals surface area contributed by atoms with Crippen LogP contribution in [0.15, 0.2) is 75.9 Å². The Morgan fingerprint density at radius 2 is 1.62 bits per heavy atom. The van der Waals surface area contributed by atoms with E-state index in [1.54, 1.807) is 49.6 Å². The molecule has 10 nitrogen and oxygen atoms in total. The molecule has 2 amide bonds. The van der Waals surface area contributed by atoms with Gasteiger partial charge in [0.15, 0.2) is 22.7 Å². The van der Waals surface area contributed by atoms with Crippen LogP contribution in [0.25, 0.3) is 11.0 Å². The molecule has 0 saturated heterocycles. The number of amides is 2. The van der Waals surface area contributed by atoms with Crippen LogP contribution in [0, 0.1) is 6.92 Å². The number of aromatic hydroxyl groups is 2. The van der Waals surface area contributed by atoms with E-state index in [2.05, 4.69) is 10.6 Å². The number of hydrogen-bond acceptors (Lipinski definition) is 8. The number of nitrogens with one attached hydrogen (secondary N) is 2. The predicted molar refractivity (Wildman–Crippen MR) is 147 cm³/mol. The molecule has 0 aliphatic heterocycles. The zero-order valence-electron chi connectivity index (χ0n) is 21.9. The molecule has 1 atom stereocenters. The fourth-order valence-corrected chi connectivity index (χ4v) is 4.17. The van der Waals surface area contributed by atoms with Crippen LogP contribution in [0.4, 0.5) is 0 Å². The van der Waals surface area contributed by atoms with Gasteiger partial charge in [-0.3, -0.25) is 19.2 Å². The Morgan fingerprint density at radius 1 is 0.950 bits per heavy atom. The molecule has 206 valence electrons. The van der Waals surface area contributed by atoms with E-state index in [0.29, 0.717) is 17.7 Å². The van der Waals surface area contributed by atoms with Crippen molar-refractivity contribution in [1.82, 2.24) is 10.6 Å². The van der Waals surface area contributed by atoms with Gasteiger partial charge in [-0.15, -0.1) is 0 Å². The lowest BCUT2D eigenvalue weighted by Crippen LogP contribution is -2.49. The number of methoxy groups -OCH3 is 1. The lowest BCUT2D eigenvalue weighted by Gasteiger charge is -2.18. The van der Waals surface area contributed by atoms with Crippen LogP contribution in [0.1, 0.15) is 27.2 Å². The molecule has 0 fully saturated rings. The number of ether oxygens (including phenoxy) is 1. The zero-order chi connectivity index (χ0) is 28.8. The van der Waals surface area contributed by atoms with Gasteiger partial charge >= 0.3 is 0 Å². The average molecular weight is 545 g/mol. The molecule has 0 saturated carbocycles. The molecular formula is C30H28N2O8. The van der Waals surface area contributed by atoms with Crippen LogP contribution in [0.2, 0.25) is 0 Å². The standard InChI is InChI=1S/C30H28N2O8/c1-17-26(35)21-15-23(33)24(34)16-25(21)40-28(17)30(38)32-22(14-19-6-4-3-5-7-19)27(36)29(37)31-13-12-18-8-10-20(39-2)11-9-18/h3-11,15-16,22,33-34H,12-14H2,1-2H3,(H,31,37)(H,32,38)/t22-/m0/s1. The highest BCUT2D eigenvalue weighted by molar-refractivity contribution is 6.38. The molecule has 4 rings (SSSR count). The molecule has 10 heteroatoms. The van der Waals surface area contributed by atoms with Crippen LogP contribution >= 0.6 is 0 Å². The molecule has 0 unspecified atom stereocenters. The molecule has 0 aliphatic carbocycles. The Labute approximate surface area is 229 Å². The first-order valence-corrected chi connectivity index (χ1v) is 12.5. The van der Waals surface area contributed by atoms with Crippen molar-refractivity contribution in [3.8, 4) is 17.2 Å². The highest BCUT2D eigenvalue weighted by atomic mass is 16.5. The summed E-state index contributed by atoms with van der Waals surface area (Å²) in [5, 5.41) is 24.7. The Kier molecular flexibility index (Phi) is 8.48. The number of hydrogen-bond donors (Lipinski definition) is 4. The molecule has 3 aromatic carbocycles. The van der Waals surface area contributed by atoms with Crippen LogP contribution in [0.5, 0.6) is 17.2 Å². The summed E-state index contributed by atoms with van der Waals surface area (Å²) >= 11 is 0. The lowest BCUT2D eigenvalue weighted by atomic mass is 10.0. The summed E-state index contributed by atoms with van der Waals surface area (Å²) in [6.45, 7) is 1.56. The van der Waals surface area contributed by atoms with E-state index in [1.807, 2.05) is 12.1 Å². The van der Waals surface area contributed by atoms with E-state index in [0.717, 1.165) is 17.7 Å². The highest BCUT2D eigenvalue weighted by Gasteiger charge is 2.29. The first kappa shape index (κ1) is 27.9. The summed E-state index contributed by atoms with van der Waals surface area (Å²) < 4.78 is 10.7. The molecule has 1 heterocycles. The van der Waals surface area contributed by atoms with Gasteiger partial charge in [0.2, 0.25) is 5.78 Å². The van der Waals surface area contributed by atoms with Gasteiger partial charge in [-0.05, 0) is 42.7 Å². The number of phenols is 2. The molecule has 4 N–H and O–H groups in total. The quantitative estimate of drug-likeness (QED) is 0.175. The van der Waals surface area contributed by atoms with E-state index >= 15 is 0 Å². The second-order valence-corrected chi connectivity index (χ2v) is 9.16. The van der Waals surface area contributed by atoms with Crippen molar-refractivity contribution in [3.05, 3.63) is 99.4 Å². The van der Waals surface area contributed by atoms with Crippen LogP contribution < -0.4 is 20.8 Å². The summed E-state index contributed by atoms with van der Waals surface area (Å²) in [4.78, 5) is 52.1. The number of ketones is 1. The smallest absolute Gasteiger partial charge is 0.289 e. The maximum atomic E-state index is 13.2. The maximum Gasteiger partial charge on any atom is 0.289 e. The third-order valence-electron chi connectivity index (χ3n) is 6.41. The second-order valence-electron chi connectivity index (χ2n) is 9.16. The van der Waals surface area contributed by atoms with Gasteiger partial charge in [0.1, 0.15) is 17.4 Å². The van der Waals surface area contributed by atoms with E-state index in [-0.39, 0.29) is 35.3 Å². The first-order valence-electron chi connectivity index (χ1n) is 12.5. The minimum absolute atomic E-state index is 0.0167. The second kappa shape index (κ2) is 12.2. The van der Waals surface area contributed by atoms with E-state index in [1.165, 1.54) is 6.92 Å². The Hall–Kier alpha value is -5.12. The Balaban J connectivity index is 1.53. The van der Waals surface area contributed by atoms with Crippen molar-refractivity contribution < 1.29 is 33.8 Å². The number of fused-ring (bicyclic) bond motifs is 1. The molecule has 40 heavy (non-hydrogen) atoms. The lowest BCUT2D eigenvalue weighted by molar-refractivity contribution is -0.138. The van der Waals surface area contributed by atoms with Crippen molar-refractivity contribution in [3.63, 3.8) is 0 Å². The van der Waals surface area contributed by atoms with Gasteiger partial charge in [-0.25, -0.2) is 0 Å². The van der Waals surface area contributed by atoms with Gasteiger partial charge < -0.3 is 30.0 Å². The van der Waals surface area contributed by atoms with Crippen LogP contribution in [-0.2, 0) is 22.4 Å². The minimum atomic E-state index is -1.26. The Bertz CT molecular complexity index is 1610. The van der Waals surface area contributed by atoms with E-state index < -0.39 is 40.6 Å².